The van der Waals surface area contributed by atoms with E-state index in [0.29, 0.717) is 18.1 Å². The van der Waals surface area contributed by atoms with Gasteiger partial charge < -0.3 is 20.3 Å². The number of pyridine rings is 1. The van der Waals surface area contributed by atoms with Crippen LogP contribution >= 0.6 is 0 Å². The van der Waals surface area contributed by atoms with Crippen molar-refractivity contribution < 1.29 is 9.53 Å². The summed E-state index contributed by atoms with van der Waals surface area (Å²) in [7, 11) is 3.87. The molecule has 2 aliphatic rings. The first-order valence-electron chi connectivity index (χ1n) is 9.46. The molecule has 2 atom stereocenters. The molecular weight excluding hydrogens is 344 g/mol. The average molecular weight is 370 g/mol. The smallest absolute Gasteiger partial charge is 0.303 e. The number of carbonyl (C=O) groups is 1. The Hall–Kier alpha value is -2.48. The number of nitrogens with one attached hydrogen (secondary N) is 2. The standard InChI is InChI=1S/C19H26N6O2/c1-10-12-6-5-7-13(12)21-18-16(10)17(20-3)23-19(24-18)22-14-8-25(4)9-15(14)27-11(2)26/h14-15H,5-9H2,1-4H3,(H2,20,21,22,23,24). The number of rotatable bonds is 4. The molecule has 1 aliphatic heterocycles. The van der Waals surface area contributed by atoms with Crippen molar-refractivity contribution in [3.05, 3.63) is 16.8 Å². The van der Waals surface area contributed by atoms with E-state index in [1.165, 1.54) is 18.1 Å². The number of likely N-dealkylation sites (N-methyl/N-ethyl adjacent to an activating group) is 1. The van der Waals surface area contributed by atoms with Crippen LogP contribution in [0.1, 0.15) is 30.2 Å². The largest absolute Gasteiger partial charge is 0.459 e. The van der Waals surface area contributed by atoms with Crippen LogP contribution in [0.5, 0.6) is 0 Å². The highest BCUT2D eigenvalue weighted by Gasteiger charge is 2.34. The summed E-state index contributed by atoms with van der Waals surface area (Å²) in [5.74, 6) is 1.01. The van der Waals surface area contributed by atoms with Gasteiger partial charge >= 0.3 is 5.97 Å². The lowest BCUT2D eigenvalue weighted by atomic mass is 10.1. The lowest BCUT2D eigenvalue weighted by Gasteiger charge is -2.20. The van der Waals surface area contributed by atoms with Gasteiger partial charge in [0.05, 0.1) is 11.4 Å². The first-order valence-corrected chi connectivity index (χ1v) is 9.46. The Morgan fingerprint density at radius 2 is 2.04 bits per heavy atom. The van der Waals surface area contributed by atoms with Crippen LogP contribution in [0.15, 0.2) is 0 Å². The lowest BCUT2D eigenvalue weighted by Crippen LogP contribution is -2.36. The third-order valence-corrected chi connectivity index (χ3v) is 5.46. The lowest BCUT2D eigenvalue weighted by molar-refractivity contribution is -0.145. The second-order valence-electron chi connectivity index (χ2n) is 7.48. The van der Waals surface area contributed by atoms with Crippen LogP contribution in [0.4, 0.5) is 11.8 Å². The minimum absolute atomic E-state index is 0.0587. The summed E-state index contributed by atoms with van der Waals surface area (Å²) in [6.45, 7) is 5.02. The van der Waals surface area contributed by atoms with Crippen molar-refractivity contribution in [2.24, 2.45) is 0 Å². The molecule has 2 aromatic rings. The van der Waals surface area contributed by atoms with Gasteiger partial charge in [-0.15, -0.1) is 0 Å². The molecule has 8 nitrogen and oxygen atoms in total. The molecule has 8 heteroatoms. The van der Waals surface area contributed by atoms with Gasteiger partial charge in [0.25, 0.3) is 0 Å². The number of hydrogen-bond acceptors (Lipinski definition) is 8. The average Bonchev–Trinajstić information content (AvgIpc) is 3.20. The van der Waals surface area contributed by atoms with Crippen LogP contribution in [0, 0.1) is 6.92 Å². The molecule has 2 N–H and O–H groups in total. The summed E-state index contributed by atoms with van der Waals surface area (Å²) in [5, 5.41) is 7.54. The third kappa shape index (κ3) is 3.29. The molecule has 0 aromatic carbocycles. The summed E-state index contributed by atoms with van der Waals surface area (Å²) in [6, 6.07) is -0.0587. The van der Waals surface area contributed by atoms with Crippen molar-refractivity contribution in [2.45, 2.75) is 45.3 Å². The summed E-state index contributed by atoms with van der Waals surface area (Å²) < 4.78 is 5.46. The van der Waals surface area contributed by atoms with Gasteiger partial charge in [-0.2, -0.15) is 9.97 Å². The highest BCUT2D eigenvalue weighted by atomic mass is 16.5. The van der Waals surface area contributed by atoms with Gasteiger partial charge in [0.2, 0.25) is 5.95 Å². The maximum atomic E-state index is 11.4. The van der Waals surface area contributed by atoms with E-state index >= 15 is 0 Å². The van der Waals surface area contributed by atoms with Crippen molar-refractivity contribution in [1.82, 2.24) is 19.9 Å². The van der Waals surface area contributed by atoms with Gasteiger partial charge in [-0.25, -0.2) is 4.98 Å². The zero-order valence-electron chi connectivity index (χ0n) is 16.3. The second kappa shape index (κ2) is 6.92. The normalized spacial score (nSPS) is 22.1. The van der Waals surface area contributed by atoms with E-state index in [4.69, 9.17) is 14.7 Å². The number of fused-ring (bicyclic) bond motifs is 2. The zero-order valence-corrected chi connectivity index (χ0v) is 16.3. The molecule has 0 spiro atoms. The number of esters is 1. The Morgan fingerprint density at radius 3 is 2.78 bits per heavy atom. The highest BCUT2D eigenvalue weighted by Crippen LogP contribution is 2.32. The van der Waals surface area contributed by atoms with Crippen LogP contribution < -0.4 is 10.6 Å². The number of nitrogens with zero attached hydrogens (tertiary/aromatic N) is 4. The molecule has 1 fully saturated rings. The van der Waals surface area contributed by atoms with E-state index in [0.717, 1.165) is 42.7 Å². The molecule has 1 aliphatic carbocycles. The predicted octanol–water partition coefficient (Wildman–Crippen LogP) is 1.52. The number of ether oxygens (including phenoxy) is 1. The molecule has 0 radical (unpaired) electrons. The summed E-state index contributed by atoms with van der Waals surface area (Å²) in [4.78, 5) is 27.7. The van der Waals surface area contributed by atoms with Gasteiger partial charge in [-0.1, -0.05) is 0 Å². The van der Waals surface area contributed by atoms with Crippen molar-refractivity contribution in [1.29, 1.82) is 0 Å². The van der Waals surface area contributed by atoms with Crippen molar-refractivity contribution in [3.63, 3.8) is 0 Å². The number of aromatic nitrogens is 3. The van der Waals surface area contributed by atoms with E-state index in [1.54, 1.807) is 0 Å². The monoisotopic (exact) mass is 370 g/mol. The van der Waals surface area contributed by atoms with E-state index in [9.17, 15) is 4.79 Å². The van der Waals surface area contributed by atoms with Crippen molar-refractivity contribution in [3.8, 4) is 0 Å². The van der Waals surface area contributed by atoms with Crippen LogP contribution in [0.25, 0.3) is 11.0 Å². The van der Waals surface area contributed by atoms with Crippen LogP contribution in [-0.4, -0.2) is 65.2 Å². The molecule has 0 amide bonds. The quantitative estimate of drug-likeness (QED) is 0.783. The molecule has 2 aromatic heterocycles. The Morgan fingerprint density at radius 1 is 1.22 bits per heavy atom. The Balaban J connectivity index is 1.70. The number of likely N-dealkylation sites (tertiary alicyclic amines) is 1. The minimum atomic E-state index is -0.273. The first-order chi connectivity index (χ1) is 13.0. The van der Waals surface area contributed by atoms with Crippen molar-refractivity contribution >= 4 is 28.8 Å². The van der Waals surface area contributed by atoms with Crippen LogP contribution in [0.3, 0.4) is 0 Å². The van der Waals surface area contributed by atoms with Crippen LogP contribution in [-0.2, 0) is 22.4 Å². The maximum Gasteiger partial charge on any atom is 0.303 e. The number of aryl methyl sites for hydroxylation is 2. The van der Waals surface area contributed by atoms with Gasteiger partial charge in [0.15, 0.2) is 5.65 Å². The molecule has 4 rings (SSSR count). The molecule has 3 heterocycles. The molecule has 1 saturated heterocycles. The number of hydrogen-bond donors (Lipinski definition) is 2. The molecule has 0 bridgehead atoms. The fourth-order valence-corrected chi connectivity index (χ4v) is 4.25. The zero-order chi connectivity index (χ0) is 19.1. The predicted molar refractivity (Wildman–Crippen MR) is 104 cm³/mol. The Labute approximate surface area is 158 Å². The maximum absolute atomic E-state index is 11.4. The molecule has 144 valence electrons. The van der Waals surface area contributed by atoms with Gasteiger partial charge in [0.1, 0.15) is 11.9 Å². The topological polar surface area (TPSA) is 92.3 Å². The van der Waals surface area contributed by atoms with E-state index in [1.807, 2.05) is 14.1 Å². The van der Waals surface area contributed by atoms with Gasteiger partial charge in [0, 0.05) is 32.8 Å². The fraction of sp³-hybridized carbons (Fsp3) is 0.579. The van der Waals surface area contributed by atoms with Gasteiger partial charge in [-0.05, 0) is 44.4 Å². The minimum Gasteiger partial charge on any atom is -0.459 e. The molecule has 2 unspecified atom stereocenters. The second-order valence-corrected chi connectivity index (χ2v) is 7.48. The number of anilines is 2. The Bertz CT molecular complexity index is 900. The fourth-order valence-electron chi connectivity index (χ4n) is 4.25. The number of carbonyl (C=O) groups excluding carboxylic acids is 1. The SMILES string of the molecule is CNc1nc(NC2CN(C)CC2OC(C)=O)nc2nc3c(c(C)c12)CCC3. The summed E-state index contributed by atoms with van der Waals surface area (Å²) in [5.41, 5.74) is 4.44. The first kappa shape index (κ1) is 17.9. The third-order valence-electron chi connectivity index (χ3n) is 5.46. The van der Waals surface area contributed by atoms with Crippen LogP contribution in [0.2, 0.25) is 0 Å². The molecule has 27 heavy (non-hydrogen) atoms. The molecular formula is C19H26N6O2. The van der Waals surface area contributed by atoms with Crippen molar-refractivity contribution in [2.75, 3.05) is 37.8 Å². The Kier molecular flexibility index (Phi) is 4.59. The summed E-state index contributed by atoms with van der Waals surface area (Å²) in [6.07, 6.45) is 3.01. The van der Waals surface area contributed by atoms with E-state index < -0.39 is 0 Å². The van der Waals surface area contributed by atoms with Gasteiger partial charge in [-0.3, -0.25) is 4.79 Å². The summed E-state index contributed by atoms with van der Waals surface area (Å²) >= 11 is 0. The highest BCUT2D eigenvalue weighted by molar-refractivity contribution is 5.91. The molecule has 0 saturated carbocycles. The van der Waals surface area contributed by atoms with E-state index in [2.05, 4.69) is 27.4 Å². The van der Waals surface area contributed by atoms with E-state index in [-0.39, 0.29) is 18.1 Å².